The summed E-state index contributed by atoms with van der Waals surface area (Å²) in [6, 6.07) is 12.6. The molecule has 3 atom stereocenters. The van der Waals surface area contributed by atoms with Crippen LogP contribution in [0.5, 0.6) is 0 Å². The molecule has 1 aromatic rings. The topological polar surface area (TPSA) is 3.24 Å². The molecular weight excluding hydrogens is 230 g/mol. The fraction of sp³-hybridized carbons (Fsp3) is 0.667. The highest BCUT2D eigenvalue weighted by atomic mass is 15.2. The lowest BCUT2D eigenvalue weighted by Crippen LogP contribution is -2.51. The van der Waals surface area contributed by atoms with Crippen molar-refractivity contribution in [3.8, 4) is 0 Å². The zero-order chi connectivity index (χ0) is 13.7. The molecule has 1 fully saturated rings. The van der Waals surface area contributed by atoms with Gasteiger partial charge in [-0.25, -0.2) is 0 Å². The fourth-order valence-electron chi connectivity index (χ4n) is 3.79. The first-order chi connectivity index (χ1) is 9.31. The number of benzene rings is 1. The van der Waals surface area contributed by atoms with Crippen molar-refractivity contribution in [2.45, 2.75) is 71.4 Å². The monoisotopic (exact) mass is 259 g/mol. The van der Waals surface area contributed by atoms with Gasteiger partial charge in [0, 0.05) is 17.8 Å². The van der Waals surface area contributed by atoms with Crippen molar-refractivity contribution in [1.82, 2.24) is 0 Å². The number of nitrogens with zero attached hydrogens (tertiary/aromatic N) is 1. The van der Waals surface area contributed by atoms with Crippen LogP contribution in [0, 0.1) is 5.92 Å². The highest BCUT2D eigenvalue weighted by Gasteiger charge is 2.34. The maximum absolute atomic E-state index is 2.75. The molecule has 106 valence electrons. The van der Waals surface area contributed by atoms with Gasteiger partial charge in [-0.15, -0.1) is 0 Å². The molecular formula is C18H29N. The Labute approximate surface area is 119 Å². The van der Waals surface area contributed by atoms with E-state index in [0.29, 0.717) is 0 Å². The third-order valence-corrected chi connectivity index (χ3v) is 4.80. The predicted octanol–water partition coefficient (Wildman–Crippen LogP) is 5.26. The van der Waals surface area contributed by atoms with Gasteiger partial charge in [-0.05, 0) is 43.7 Å². The molecule has 0 bridgehead atoms. The van der Waals surface area contributed by atoms with Gasteiger partial charge < -0.3 is 4.90 Å². The standard InChI is InChI=1S/C18H29N/c1-4-10-18-15(5-2)13-14-16(6-3)19(18)17-11-8-7-9-12-17/h7-9,11-12,15-16,18H,4-6,10,13-14H2,1-3H3. The molecule has 0 saturated carbocycles. The summed E-state index contributed by atoms with van der Waals surface area (Å²) in [7, 11) is 0. The summed E-state index contributed by atoms with van der Waals surface area (Å²) in [5.41, 5.74) is 1.44. The van der Waals surface area contributed by atoms with Crippen LogP contribution < -0.4 is 4.90 Å². The smallest absolute Gasteiger partial charge is 0.0371 e. The average molecular weight is 259 g/mol. The predicted molar refractivity (Wildman–Crippen MR) is 84.7 cm³/mol. The van der Waals surface area contributed by atoms with Crippen LogP contribution in [0.3, 0.4) is 0 Å². The van der Waals surface area contributed by atoms with E-state index in [0.717, 1.165) is 18.0 Å². The van der Waals surface area contributed by atoms with Gasteiger partial charge in [0.1, 0.15) is 0 Å². The minimum absolute atomic E-state index is 0.738. The van der Waals surface area contributed by atoms with Crippen molar-refractivity contribution in [3.63, 3.8) is 0 Å². The van der Waals surface area contributed by atoms with E-state index in [-0.39, 0.29) is 0 Å². The van der Waals surface area contributed by atoms with E-state index in [2.05, 4.69) is 56.0 Å². The summed E-state index contributed by atoms with van der Waals surface area (Å²) in [5, 5.41) is 0. The van der Waals surface area contributed by atoms with Crippen LogP contribution in [-0.4, -0.2) is 12.1 Å². The third-order valence-electron chi connectivity index (χ3n) is 4.80. The van der Waals surface area contributed by atoms with Gasteiger partial charge in [0.15, 0.2) is 0 Å². The minimum Gasteiger partial charge on any atom is -0.365 e. The Balaban J connectivity index is 2.29. The number of hydrogen-bond donors (Lipinski definition) is 0. The average Bonchev–Trinajstić information content (AvgIpc) is 2.48. The van der Waals surface area contributed by atoms with E-state index in [1.807, 2.05) is 0 Å². The van der Waals surface area contributed by atoms with Crippen LogP contribution in [0.15, 0.2) is 30.3 Å². The lowest BCUT2D eigenvalue weighted by Gasteiger charge is -2.48. The molecule has 0 amide bonds. The molecule has 0 N–H and O–H groups in total. The van der Waals surface area contributed by atoms with E-state index in [1.165, 1.54) is 44.2 Å². The number of rotatable bonds is 5. The summed E-state index contributed by atoms with van der Waals surface area (Å²) in [4.78, 5) is 2.75. The number of hydrogen-bond acceptors (Lipinski definition) is 1. The van der Waals surface area contributed by atoms with E-state index in [9.17, 15) is 0 Å². The van der Waals surface area contributed by atoms with Gasteiger partial charge in [-0.2, -0.15) is 0 Å². The van der Waals surface area contributed by atoms with Crippen LogP contribution in [0.2, 0.25) is 0 Å². The van der Waals surface area contributed by atoms with Crippen molar-refractivity contribution in [3.05, 3.63) is 30.3 Å². The second-order valence-electron chi connectivity index (χ2n) is 5.91. The van der Waals surface area contributed by atoms with Crippen molar-refractivity contribution >= 4 is 5.69 Å². The van der Waals surface area contributed by atoms with Crippen LogP contribution in [0.1, 0.15) is 59.3 Å². The Morgan fingerprint density at radius 2 is 1.74 bits per heavy atom. The highest BCUT2D eigenvalue weighted by molar-refractivity contribution is 5.49. The van der Waals surface area contributed by atoms with Gasteiger partial charge in [0.25, 0.3) is 0 Å². The molecule has 2 rings (SSSR count). The first-order valence-corrected chi connectivity index (χ1v) is 8.15. The molecule has 0 aromatic heterocycles. The third kappa shape index (κ3) is 3.13. The van der Waals surface area contributed by atoms with E-state index >= 15 is 0 Å². The molecule has 1 heteroatoms. The summed E-state index contributed by atoms with van der Waals surface area (Å²) in [6.07, 6.45) is 8.01. The highest BCUT2D eigenvalue weighted by Crippen LogP contribution is 2.37. The minimum atomic E-state index is 0.738. The molecule has 0 radical (unpaired) electrons. The van der Waals surface area contributed by atoms with Gasteiger partial charge in [0.05, 0.1) is 0 Å². The van der Waals surface area contributed by atoms with Crippen molar-refractivity contribution < 1.29 is 0 Å². The second kappa shape index (κ2) is 6.98. The van der Waals surface area contributed by atoms with E-state index in [4.69, 9.17) is 0 Å². The first kappa shape index (κ1) is 14.4. The van der Waals surface area contributed by atoms with Crippen molar-refractivity contribution in [2.75, 3.05) is 4.90 Å². The Morgan fingerprint density at radius 1 is 1.00 bits per heavy atom. The summed E-state index contributed by atoms with van der Waals surface area (Å²) < 4.78 is 0. The Kier molecular flexibility index (Phi) is 5.30. The van der Waals surface area contributed by atoms with Crippen molar-refractivity contribution in [2.24, 2.45) is 5.92 Å². The zero-order valence-corrected chi connectivity index (χ0v) is 12.8. The van der Waals surface area contributed by atoms with E-state index in [1.54, 1.807) is 0 Å². The Bertz CT molecular complexity index is 359. The normalized spacial score (nSPS) is 27.5. The maximum Gasteiger partial charge on any atom is 0.0371 e. The van der Waals surface area contributed by atoms with Crippen LogP contribution in [0.25, 0.3) is 0 Å². The number of para-hydroxylation sites is 1. The van der Waals surface area contributed by atoms with Crippen LogP contribution >= 0.6 is 0 Å². The second-order valence-corrected chi connectivity index (χ2v) is 5.91. The molecule has 1 saturated heterocycles. The lowest BCUT2D eigenvalue weighted by molar-refractivity contribution is 0.254. The van der Waals surface area contributed by atoms with Crippen LogP contribution in [-0.2, 0) is 0 Å². The largest absolute Gasteiger partial charge is 0.365 e. The van der Waals surface area contributed by atoms with Gasteiger partial charge in [-0.1, -0.05) is 51.8 Å². The molecule has 1 heterocycles. The molecule has 19 heavy (non-hydrogen) atoms. The first-order valence-electron chi connectivity index (χ1n) is 8.15. The SMILES string of the molecule is CCCC1C(CC)CCC(CC)N1c1ccccc1. The van der Waals surface area contributed by atoms with Gasteiger partial charge in [0.2, 0.25) is 0 Å². The summed E-state index contributed by atoms with van der Waals surface area (Å²) in [6.45, 7) is 7.03. The fourth-order valence-corrected chi connectivity index (χ4v) is 3.79. The van der Waals surface area contributed by atoms with Gasteiger partial charge in [-0.3, -0.25) is 0 Å². The van der Waals surface area contributed by atoms with Crippen LogP contribution in [0.4, 0.5) is 5.69 Å². The summed E-state index contributed by atoms with van der Waals surface area (Å²) in [5.74, 6) is 0.878. The van der Waals surface area contributed by atoms with Gasteiger partial charge >= 0.3 is 0 Å². The molecule has 1 nitrogen and oxygen atoms in total. The van der Waals surface area contributed by atoms with Crippen molar-refractivity contribution in [1.29, 1.82) is 0 Å². The summed E-state index contributed by atoms with van der Waals surface area (Å²) >= 11 is 0. The number of anilines is 1. The zero-order valence-electron chi connectivity index (χ0n) is 12.8. The number of piperidine rings is 1. The lowest BCUT2D eigenvalue weighted by atomic mass is 9.80. The van der Waals surface area contributed by atoms with E-state index < -0.39 is 0 Å². The molecule has 0 aliphatic carbocycles. The molecule has 3 unspecified atom stereocenters. The Hall–Kier alpha value is -0.980. The Morgan fingerprint density at radius 3 is 2.32 bits per heavy atom. The molecule has 1 aromatic carbocycles. The quantitative estimate of drug-likeness (QED) is 0.697. The molecule has 1 aliphatic heterocycles. The molecule has 0 spiro atoms. The molecule has 1 aliphatic rings. The maximum atomic E-state index is 2.75.